The van der Waals surface area contributed by atoms with Crippen LogP contribution in [-0.4, -0.2) is 16.2 Å². The third-order valence-corrected chi connectivity index (χ3v) is 3.53. The van der Waals surface area contributed by atoms with Crippen LogP contribution in [0.4, 0.5) is 11.4 Å². The molecule has 0 aliphatic heterocycles. The van der Waals surface area contributed by atoms with Crippen molar-refractivity contribution in [2.75, 3.05) is 0 Å². The maximum Gasteiger partial charge on any atom is 0.337 e. The maximum atomic E-state index is 11.3. The molecule has 0 aromatic heterocycles. The number of azo groups is 1. The minimum absolute atomic E-state index is 0. The molecule has 3 aromatic carbocycles. The number of hydrogen-bond donors (Lipinski definition) is 2. The van der Waals surface area contributed by atoms with Crippen LogP contribution in [0, 0.1) is 6.92 Å². The summed E-state index contributed by atoms with van der Waals surface area (Å²) in [6.45, 7) is 1.81. The number of carboxylic acid groups (broad SMARTS) is 1. The largest absolute Gasteiger partial charge is 0.505 e. The van der Waals surface area contributed by atoms with Crippen molar-refractivity contribution in [3.05, 3.63) is 65.7 Å². The van der Waals surface area contributed by atoms with E-state index in [4.69, 9.17) is 0 Å². The fraction of sp³-hybridized carbons (Fsp3) is 0.0556. The fourth-order valence-corrected chi connectivity index (χ4v) is 2.34. The number of phenols is 1. The molecule has 24 heavy (non-hydrogen) atoms. The third-order valence-electron chi connectivity index (χ3n) is 3.53. The first kappa shape index (κ1) is 17.7. The molecule has 0 spiro atoms. The number of nitrogens with zero attached hydrogens (tertiary/aromatic N) is 2. The molecule has 0 aliphatic rings. The molecule has 3 rings (SSSR count). The molecule has 0 saturated carbocycles. The van der Waals surface area contributed by atoms with Gasteiger partial charge in [0.15, 0.2) is 5.75 Å². The van der Waals surface area contributed by atoms with Crippen molar-refractivity contribution < 1.29 is 32.1 Å². The summed E-state index contributed by atoms with van der Waals surface area (Å²) in [6.07, 6.45) is 0. The summed E-state index contributed by atoms with van der Waals surface area (Å²) in [5.41, 5.74) is 1.44. The van der Waals surface area contributed by atoms with E-state index in [2.05, 4.69) is 10.2 Å². The number of fused-ring (bicyclic) bond motifs is 1. The molecule has 0 bridgehead atoms. The molecule has 3 aromatic rings. The monoisotopic (exact) mass is 369 g/mol. The van der Waals surface area contributed by atoms with Crippen LogP contribution in [0.5, 0.6) is 5.75 Å². The van der Waals surface area contributed by atoms with Crippen molar-refractivity contribution in [3.63, 3.8) is 0 Å². The molecule has 1 radical (unpaired) electrons. The van der Waals surface area contributed by atoms with Crippen LogP contribution in [-0.2, 0) is 17.1 Å². The van der Waals surface area contributed by atoms with Crippen LogP contribution in [0.1, 0.15) is 15.9 Å². The summed E-state index contributed by atoms with van der Waals surface area (Å²) in [7, 11) is 0. The van der Waals surface area contributed by atoms with Crippen LogP contribution < -0.4 is 0 Å². The smallest absolute Gasteiger partial charge is 0.337 e. The average molecular weight is 370 g/mol. The predicted molar refractivity (Wildman–Crippen MR) is 87.9 cm³/mol. The molecule has 0 heterocycles. The van der Waals surface area contributed by atoms with Gasteiger partial charge in [-0.05, 0) is 30.5 Å². The van der Waals surface area contributed by atoms with Gasteiger partial charge in [0.2, 0.25) is 0 Å². The van der Waals surface area contributed by atoms with Crippen molar-refractivity contribution >= 4 is 28.1 Å². The summed E-state index contributed by atoms with van der Waals surface area (Å²) in [4.78, 5) is 11.3. The van der Waals surface area contributed by atoms with E-state index in [1.54, 1.807) is 24.3 Å². The number of aryl methyl sites for hydroxylation is 1. The van der Waals surface area contributed by atoms with Crippen LogP contribution in [0.25, 0.3) is 10.8 Å². The number of hydrogen-bond acceptors (Lipinski definition) is 4. The van der Waals surface area contributed by atoms with Gasteiger partial charge in [-0.25, -0.2) is 4.79 Å². The van der Waals surface area contributed by atoms with Gasteiger partial charge in [0.05, 0.1) is 5.56 Å². The molecule has 0 amide bonds. The van der Waals surface area contributed by atoms with E-state index in [-0.39, 0.29) is 34.1 Å². The van der Waals surface area contributed by atoms with Gasteiger partial charge in [-0.3, -0.25) is 0 Å². The number of rotatable bonds is 3. The SMILES string of the molecule is Cc1ccc(N=Nc2ccc3ccccc3c2O)c(C(=O)O)c1.[Cu]. The standard InChI is InChI=1S/C18H14N2O3.Cu/c1-11-6-8-15(14(10-11)18(22)23)19-20-16-9-7-12-4-2-3-5-13(12)17(16)21;/h2-10,21H,1H3,(H,22,23);. The van der Waals surface area contributed by atoms with Gasteiger partial charge in [0, 0.05) is 22.5 Å². The van der Waals surface area contributed by atoms with Crippen molar-refractivity contribution in [1.82, 2.24) is 0 Å². The zero-order valence-corrected chi connectivity index (χ0v) is 13.6. The Morgan fingerprint density at radius 1 is 0.958 bits per heavy atom. The van der Waals surface area contributed by atoms with Gasteiger partial charge in [-0.1, -0.05) is 42.0 Å². The molecule has 0 fully saturated rings. The molecule has 5 nitrogen and oxygen atoms in total. The van der Waals surface area contributed by atoms with Crippen LogP contribution in [0.3, 0.4) is 0 Å². The Bertz CT molecular complexity index is 939. The van der Waals surface area contributed by atoms with Gasteiger partial charge >= 0.3 is 5.97 Å². The molecule has 0 aliphatic carbocycles. The van der Waals surface area contributed by atoms with Gasteiger partial charge < -0.3 is 10.2 Å². The summed E-state index contributed by atoms with van der Waals surface area (Å²) in [5, 5.41) is 29.1. The van der Waals surface area contributed by atoms with Crippen LogP contribution >= 0.6 is 0 Å². The Hall–Kier alpha value is -2.69. The van der Waals surface area contributed by atoms with Gasteiger partial charge in [-0.2, -0.15) is 0 Å². The van der Waals surface area contributed by atoms with Crippen LogP contribution in [0.15, 0.2) is 64.8 Å². The first-order chi connectivity index (χ1) is 11.1. The number of carbonyl (C=O) groups is 1. The predicted octanol–water partition coefficient (Wildman–Crippen LogP) is 4.96. The first-order valence-electron chi connectivity index (χ1n) is 7.02. The molecule has 6 heteroatoms. The molecule has 125 valence electrons. The van der Waals surface area contributed by atoms with Gasteiger partial charge in [0.1, 0.15) is 11.4 Å². The Balaban J connectivity index is 0.00000208. The minimum atomic E-state index is -1.06. The summed E-state index contributed by atoms with van der Waals surface area (Å²) in [6, 6.07) is 15.8. The molecular weight excluding hydrogens is 356 g/mol. The third kappa shape index (κ3) is 3.45. The second kappa shape index (κ2) is 7.25. The van der Waals surface area contributed by atoms with E-state index < -0.39 is 5.97 Å². The van der Waals surface area contributed by atoms with E-state index in [0.29, 0.717) is 11.1 Å². The van der Waals surface area contributed by atoms with Crippen molar-refractivity contribution in [1.29, 1.82) is 0 Å². The Morgan fingerprint density at radius 2 is 1.62 bits per heavy atom. The van der Waals surface area contributed by atoms with Gasteiger partial charge in [-0.15, -0.1) is 10.2 Å². The number of benzene rings is 3. The molecule has 0 unspecified atom stereocenters. The quantitative estimate of drug-likeness (QED) is 0.505. The van der Waals surface area contributed by atoms with E-state index in [1.807, 2.05) is 31.2 Å². The number of phenolic OH excluding ortho intramolecular Hbond substituents is 1. The molecule has 2 N–H and O–H groups in total. The second-order valence-electron chi connectivity index (χ2n) is 5.18. The number of carboxylic acids is 1. The molecular formula is C18H14CuN2O3. The van der Waals surface area contributed by atoms with E-state index >= 15 is 0 Å². The Kier molecular flexibility index (Phi) is 5.34. The fourth-order valence-electron chi connectivity index (χ4n) is 2.34. The molecule has 0 saturated heterocycles. The van der Waals surface area contributed by atoms with Crippen molar-refractivity contribution in [2.45, 2.75) is 6.92 Å². The van der Waals surface area contributed by atoms with E-state index in [0.717, 1.165) is 10.9 Å². The zero-order valence-electron chi connectivity index (χ0n) is 12.7. The zero-order chi connectivity index (χ0) is 16.4. The number of aromatic hydroxyl groups is 1. The Morgan fingerprint density at radius 3 is 2.38 bits per heavy atom. The Labute approximate surface area is 149 Å². The topological polar surface area (TPSA) is 82.2 Å². The van der Waals surface area contributed by atoms with Crippen molar-refractivity contribution in [2.24, 2.45) is 10.2 Å². The summed E-state index contributed by atoms with van der Waals surface area (Å²) in [5.74, 6) is -1.04. The number of aromatic carboxylic acids is 1. The summed E-state index contributed by atoms with van der Waals surface area (Å²) < 4.78 is 0. The summed E-state index contributed by atoms with van der Waals surface area (Å²) >= 11 is 0. The first-order valence-corrected chi connectivity index (χ1v) is 7.02. The molecule has 0 atom stereocenters. The van der Waals surface area contributed by atoms with E-state index in [1.165, 1.54) is 6.07 Å². The second-order valence-corrected chi connectivity index (χ2v) is 5.18. The minimum Gasteiger partial charge on any atom is -0.505 e. The van der Waals surface area contributed by atoms with Crippen LogP contribution in [0.2, 0.25) is 0 Å². The van der Waals surface area contributed by atoms with Crippen molar-refractivity contribution in [3.8, 4) is 5.75 Å². The average Bonchev–Trinajstić information content (AvgIpc) is 2.55. The van der Waals surface area contributed by atoms with Gasteiger partial charge in [0.25, 0.3) is 0 Å². The maximum absolute atomic E-state index is 11.3. The normalized spacial score (nSPS) is 10.7. The van der Waals surface area contributed by atoms with E-state index in [9.17, 15) is 15.0 Å².